The molecule has 4 amide bonds. The first-order chi connectivity index (χ1) is 15.9. The van der Waals surface area contributed by atoms with Crippen molar-refractivity contribution in [1.29, 1.82) is 0 Å². The molecule has 1 N–H and O–H groups in total. The van der Waals surface area contributed by atoms with E-state index in [0.29, 0.717) is 44.1 Å². The molecule has 2 aliphatic heterocycles. The number of hydrogen-bond donors (Lipinski definition) is 1. The van der Waals surface area contributed by atoms with Crippen LogP contribution in [0.1, 0.15) is 56.3 Å². The zero-order chi connectivity index (χ0) is 23.5. The van der Waals surface area contributed by atoms with Crippen molar-refractivity contribution >= 4 is 23.6 Å². The molecular weight excluding hydrogens is 420 g/mol. The number of piperazine rings is 1. The number of likely N-dealkylation sites (tertiary alicyclic amines) is 1. The van der Waals surface area contributed by atoms with Crippen LogP contribution in [0.2, 0.25) is 0 Å². The van der Waals surface area contributed by atoms with Crippen molar-refractivity contribution in [3.05, 3.63) is 35.9 Å². The fourth-order valence-corrected chi connectivity index (χ4v) is 5.51. The molecule has 3 aliphatic rings. The molecule has 8 heteroatoms. The second-order valence-corrected chi connectivity index (χ2v) is 9.69. The highest BCUT2D eigenvalue weighted by Gasteiger charge is 2.48. The molecular formula is C25H34N4O4. The van der Waals surface area contributed by atoms with Crippen molar-refractivity contribution in [1.82, 2.24) is 20.0 Å². The molecule has 2 saturated heterocycles. The van der Waals surface area contributed by atoms with Crippen molar-refractivity contribution in [3.8, 4) is 0 Å². The van der Waals surface area contributed by atoms with E-state index in [9.17, 15) is 19.2 Å². The van der Waals surface area contributed by atoms with Crippen LogP contribution in [0.15, 0.2) is 30.3 Å². The summed E-state index contributed by atoms with van der Waals surface area (Å²) in [5.74, 6) is -0.897. The van der Waals surface area contributed by atoms with Crippen LogP contribution in [-0.4, -0.2) is 82.6 Å². The van der Waals surface area contributed by atoms with E-state index in [1.54, 1.807) is 4.90 Å². The monoisotopic (exact) mass is 454 g/mol. The largest absolute Gasteiger partial charge is 0.346 e. The number of rotatable bonds is 3. The van der Waals surface area contributed by atoms with Crippen LogP contribution in [0.3, 0.4) is 0 Å². The SMILES string of the molecule is CC(C)NC(=O)C(=O)N1CCN(C(=O)C2CC3CCCCC3N2C(=O)c2ccccc2)CC1. The summed E-state index contributed by atoms with van der Waals surface area (Å²) in [7, 11) is 0. The van der Waals surface area contributed by atoms with Gasteiger partial charge in [0, 0.05) is 43.8 Å². The second kappa shape index (κ2) is 9.93. The zero-order valence-corrected chi connectivity index (χ0v) is 19.5. The van der Waals surface area contributed by atoms with Gasteiger partial charge in [0.25, 0.3) is 5.91 Å². The van der Waals surface area contributed by atoms with Gasteiger partial charge in [-0.05, 0) is 51.2 Å². The molecule has 3 fully saturated rings. The molecule has 1 aliphatic carbocycles. The molecule has 178 valence electrons. The van der Waals surface area contributed by atoms with Gasteiger partial charge in [0.1, 0.15) is 6.04 Å². The summed E-state index contributed by atoms with van der Waals surface area (Å²) in [4.78, 5) is 56.6. The highest BCUT2D eigenvalue weighted by atomic mass is 16.2. The lowest BCUT2D eigenvalue weighted by molar-refractivity contribution is -0.149. The minimum atomic E-state index is -0.607. The third kappa shape index (κ3) is 4.89. The van der Waals surface area contributed by atoms with E-state index in [-0.39, 0.29) is 23.9 Å². The topological polar surface area (TPSA) is 90.0 Å². The van der Waals surface area contributed by atoms with Crippen LogP contribution >= 0.6 is 0 Å². The number of nitrogens with zero attached hydrogens (tertiary/aromatic N) is 3. The number of carbonyl (C=O) groups excluding carboxylic acids is 4. The summed E-state index contributed by atoms with van der Waals surface area (Å²) < 4.78 is 0. The first-order valence-corrected chi connectivity index (χ1v) is 12.1. The standard InChI is InChI=1S/C25H34N4O4/c1-17(2)26-22(30)25(33)28-14-12-27(13-15-28)24(32)21-16-19-10-6-7-11-20(19)29(21)23(31)18-8-4-3-5-9-18/h3-5,8-9,17,19-21H,6-7,10-16H2,1-2H3,(H,26,30). The van der Waals surface area contributed by atoms with Crippen LogP contribution in [0.5, 0.6) is 0 Å². The van der Waals surface area contributed by atoms with Gasteiger partial charge in [-0.2, -0.15) is 0 Å². The van der Waals surface area contributed by atoms with Gasteiger partial charge in [-0.15, -0.1) is 0 Å². The summed E-state index contributed by atoms with van der Waals surface area (Å²) in [6, 6.07) is 8.76. The van der Waals surface area contributed by atoms with E-state index >= 15 is 0 Å². The van der Waals surface area contributed by atoms with Crippen molar-refractivity contribution in [2.45, 2.75) is 64.1 Å². The minimum Gasteiger partial charge on any atom is -0.346 e. The van der Waals surface area contributed by atoms with E-state index in [4.69, 9.17) is 0 Å². The van der Waals surface area contributed by atoms with E-state index in [1.165, 1.54) is 4.90 Å². The summed E-state index contributed by atoms with van der Waals surface area (Å²) in [6.07, 6.45) is 4.94. The van der Waals surface area contributed by atoms with Crippen molar-refractivity contribution in [2.75, 3.05) is 26.2 Å². The van der Waals surface area contributed by atoms with Crippen LogP contribution in [0.25, 0.3) is 0 Å². The molecule has 1 aromatic carbocycles. The molecule has 0 spiro atoms. The normalized spacial score (nSPS) is 25.1. The molecule has 4 rings (SSSR count). The molecule has 8 nitrogen and oxygen atoms in total. The van der Waals surface area contributed by atoms with Gasteiger partial charge in [-0.3, -0.25) is 19.2 Å². The first-order valence-electron chi connectivity index (χ1n) is 12.1. The first kappa shape index (κ1) is 23.3. The number of benzene rings is 1. The lowest BCUT2D eigenvalue weighted by Gasteiger charge is -2.38. The van der Waals surface area contributed by atoms with Crippen LogP contribution in [0, 0.1) is 5.92 Å². The maximum absolute atomic E-state index is 13.6. The van der Waals surface area contributed by atoms with Gasteiger partial charge < -0.3 is 20.0 Å². The second-order valence-electron chi connectivity index (χ2n) is 9.69. The average molecular weight is 455 g/mol. The third-order valence-electron chi connectivity index (χ3n) is 7.12. The average Bonchev–Trinajstić information content (AvgIpc) is 3.22. The Hall–Kier alpha value is -2.90. The number of fused-ring (bicyclic) bond motifs is 1. The molecule has 0 bridgehead atoms. The molecule has 3 unspecified atom stereocenters. The molecule has 1 saturated carbocycles. The van der Waals surface area contributed by atoms with Gasteiger partial charge >= 0.3 is 11.8 Å². The highest BCUT2D eigenvalue weighted by Crippen LogP contribution is 2.41. The Balaban J connectivity index is 1.45. The van der Waals surface area contributed by atoms with Crippen LogP contribution in [0.4, 0.5) is 0 Å². The Morgan fingerprint density at radius 1 is 0.909 bits per heavy atom. The molecule has 1 aromatic rings. The van der Waals surface area contributed by atoms with Crippen molar-refractivity contribution in [2.24, 2.45) is 5.92 Å². The van der Waals surface area contributed by atoms with E-state index in [0.717, 1.165) is 25.7 Å². The number of hydrogen-bond acceptors (Lipinski definition) is 4. The summed E-state index contributed by atoms with van der Waals surface area (Å²) in [5, 5.41) is 2.63. The Morgan fingerprint density at radius 3 is 2.21 bits per heavy atom. The number of nitrogens with one attached hydrogen (secondary N) is 1. The van der Waals surface area contributed by atoms with E-state index < -0.39 is 17.9 Å². The Bertz CT molecular complexity index is 895. The van der Waals surface area contributed by atoms with Gasteiger partial charge in [-0.25, -0.2) is 0 Å². The number of amides is 4. The summed E-state index contributed by atoms with van der Waals surface area (Å²) in [5.41, 5.74) is 0.619. The zero-order valence-electron chi connectivity index (χ0n) is 19.5. The smallest absolute Gasteiger partial charge is 0.312 e. The molecule has 0 radical (unpaired) electrons. The fraction of sp³-hybridized carbons (Fsp3) is 0.600. The van der Waals surface area contributed by atoms with Gasteiger partial charge in [0.2, 0.25) is 5.91 Å². The number of carbonyl (C=O) groups is 4. The molecule has 3 atom stereocenters. The predicted molar refractivity (Wildman–Crippen MR) is 123 cm³/mol. The summed E-state index contributed by atoms with van der Waals surface area (Å²) in [6.45, 7) is 5.01. The van der Waals surface area contributed by atoms with Crippen LogP contribution in [-0.2, 0) is 14.4 Å². The quantitative estimate of drug-likeness (QED) is 0.704. The van der Waals surface area contributed by atoms with Gasteiger partial charge in [-0.1, -0.05) is 31.0 Å². The third-order valence-corrected chi connectivity index (χ3v) is 7.12. The van der Waals surface area contributed by atoms with Gasteiger partial charge in [0.05, 0.1) is 0 Å². The van der Waals surface area contributed by atoms with Crippen molar-refractivity contribution < 1.29 is 19.2 Å². The maximum atomic E-state index is 13.6. The lowest BCUT2D eigenvalue weighted by atomic mass is 9.84. The minimum absolute atomic E-state index is 0.0348. The Kier molecular flexibility index (Phi) is 7.00. The Labute approximate surface area is 195 Å². The molecule has 0 aromatic heterocycles. The Morgan fingerprint density at radius 2 is 1.55 bits per heavy atom. The van der Waals surface area contributed by atoms with E-state index in [2.05, 4.69) is 5.32 Å². The van der Waals surface area contributed by atoms with Crippen LogP contribution < -0.4 is 5.32 Å². The maximum Gasteiger partial charge on any atom is 0.312 e. The lowest BCUT2D eigenvalue weighted by Crippen LogP contribution is -2.57. The fourth-order valence-electron chi connectivity index (χ4n) is 5.51. The molecule has 2 heterocycles. The highest BCUT2D eigenvalue weighted by molar-refractivity contribution is 6.35. The molecule has 33 heavy (non-hydrogen) atoms. The van der Waals surface area contributed by atoms with E-state index in [1.807, 2.05) is 49.1 Å². The predicted octanol–water partition coefficient (Wildman–Crippen LogP) is 1.66. The summed E-state index contributed by atoms with van der Waals surface area (Å²) >= 11 is 0. The van der Waals surface area contributed by atoms with Gasteiger partial charge in [0.15, 0.2) is 0 Å². The van der Waals surface area contributed by atoms with Crippen molar-refractivity contribution in [3.63, 3.8) is 0 Å².